The van der Waals surface area contributed by atoms with Crippen LogP contribution in [0, 0.1) is 6.92 Å². The highest BCUT2D eigenvalue weighted by molar-refractivity contribution is 6.04. The van der Waals surface area contributed by atoms with Crippen LogP contribution >= 0.6 is 0 Å². The molecule has 104 valence electrons. The number of benzene rings is 2. The smallest absolute Gasteiger partial charge is 0.255 e. The predicted octanol–water partition coefficient (Wildman–Crippen LogP) is 2.90. The molecule has 20 heavy (non-hydrogen) atoms. The first-order chi connectivity index (χ1) is 9.47. The van der Waals surface area contributed by atoms with Crippen molar-refractivity contribution in [3.8, 4) is 0 Å². The van der Waals surface area contributed by atoms with Crippen LogP contribution in [-0.2, 0) is 0 Å². The van der Waals surface area contributed by atoms with Gasteiger partial charge < -0.3 is 16.0 Å². The van der Waals surface area contributed by atoms with Crippen LogP contribution in [0.5, 0.6) is 0 Å². The molecule has 0 saturated heterocycles. The Morgan fingerprint density at radius 3 is 2.30 bits per heavy atom. The van der Waals surface area contributed by atoms with Gasteiger partial charge in [-0.05, 0) is 48.9 Å². The topological polar surface area (TPSA) is 58.4 Å². The van der Waals surface area contributed by atoms with Gasteiger partial charge >= 0.3 is 0 Å². The Labute approximate surface area is 119 Å². The first kappa shape index (κ1) is 13.9. The second-order valence-corrected chi connectivity index (χ2v) is 4.97. The maximum absolute atomic E-state index is 12.1. The van der Waals surface area contributed by atoms with Crippen LogP contribution in [0.2, 0.25) is 0 Å². The van der Waals surface area contributed by atoms with Gasteiger partial charge in [0.1, 0.15) is 0 Å². The zero-order chi connectivity index (χ0) is 14.7. The molecule has 0 radical (unpaired) electrons. The Balaban J connectivity index is 2.13. The summed E-state index contributed by atoms with van der Waals surface area (Å²) in [4.78, 5) is 14.1. The fourth-order valence-corrected chi connectivity index (χ4v) is 1.83. The molecule has 0 spiro atoms. The van der Waals surface area contributed by atoms with Crippen molar-refractivity contribution in [2.75, 3.05) is 30.0 Å². The molecular formula is C16H19N3O. The molecule has 0 saturated carbocycles. The predicted molar refractivity (Wildman–Crippen MR) is 84.3 cm³/mol. The van der Waals surface area contributed by atoms with E-state index in [9.17, 15) is 4.79 Å². The number of nitrogens with two attached hydrogens (primary N) is 1. The number of anilines is 3. The van der Waals surface area contributed by atoms with Crippen molar-refractivity contribution >= 4 is 23.0 Å². The highest BCUT2D eigenvalue weighted by Gasteiger charge is 2.07. The van der Waals surface area contributed by atoms with Gasteiger partial charge in [0.15, 0.2) is 0 Å². The average Bonchev–Trinajstić information content (AvgIpc) is 2.43. The average molecular weight is 269 g/mol. The molecule has 0 fully saturated rings. The van der Waals surface area contributed by atoms with E-state index in [0.717, 1.165) is 11.3 Å². The third kappa shape index (κ3) is 3.09. The SMILES string of the molecule is Cc1ccc(NC(=O)c2ccc(N(C)C)cc2)cc1N. The number of aryl methyl sites for hydroxylation is 1. The van der Waals surface area contributed by atoms with E-state index < -0.39 is 0 Å². The summed E-state index contributed by atoms with van der Waals surface area (Å²) in [5, 5.41) is 2.84. The van der Waals surface area contributed by atoms with Crippen molar-refractivity contribution in [2.45, 2.75) is 6.92 Å². The van der Waals surface area contributed by atoms with Gasteiger partial charge in [-0.1, -0.05) is 6.07 Å². The molecule has 2 rings (SSSR count). The highest BCUT2D eigenvalue weighted by Crippen LogP contribution is 2.18. The summed E-state index contributed by atoms with van der Waals surface area (Å²) < 4.78 is 0. The zero-order valence-corrected chi connectivity index (χ0v) is 12.0. The van der Waals surface area contributed by atoms with Crippen molar-refractivity contribution in [1.29, 1.82) is 0 Å². The Bertz CT molecular complexity index is 618. The highest BCUT2D eigenvalue weighted by atomic mass is 16.1. The summed E-state index contributed by atoms with van der Waals surface area (Å²) in [5.74, 6) is -0.140. The number of nitrogens with zero attached hydrogens (tertiary/aromatic N) is 1. The molecule has 4 heteroatoms. The lowest BCUT2D eigenvalue weighted by Gasteiger charge is -2.13. The molecule has 0 atom stereocenters. The molecule has 0 aromatic heterocycles. The maximum Gasteiger partial charge on any atom is 0.255 e. The Morgan fingerprint density at radius 2 is 1.75 bits per heavy atom. The molecule has 0 bridgehead atoms. The minimum atomic E-state index is -0.140. The van der Waals surface area contributed by atoms with Crippen LogP contribution in [0.4, 0.5) is 17.1 Å². The molecule has 3 N–H and O–H groups in total. The van der Waals surface area contributed by atoms with Gasteiger partial charge in [-0.2, -0.15) is 0 Å². The van der Waals surface area contributed by atoms with Gasteiger partial charge in [-0.15, -0.1) is 0 Å². The van der Waals surface area contributed by atoms with Gasteiger partial charge in [0.2, 0.25) is 0 Å². The number of nitrogen functional groups attached to an aromatic ring is 1. The lowest BCUT2D eigenvalue weighted by Crippen LogP contribution is -2.13. The molecule has 0 aliphatic carbocycles. The number of rotatable bonds is 3. The van der Waals surface area contributed by atoms with E-state index in [-0.39, 0.29) is 5.91 Å². The first-order valence-corrected chi connectivity index (χ1v) is 6.42. The lowest BCUT2D eigenvalue weighted by molar-refractivity contribution is 0.102. The second-order valence-electron chi connectivity index (χ2n) is 4.97. The molecule has 0 aliphatic heterocycles. The van der Waals surface area contributed by atoms with Crippen LogP contribution in [-0.4, -0.2) is 20.0 Å². The van der Waals surface area contributed by atoms with Gasteiger partial charge in [-0.25, -0.2) is 0 Å². The molecular weight excluding hydrogens is 250 g/mol. The molecule has 2 aromatic rings. The Morgan fingerprint density at radius 1 is 1.10 bits per heavy atom. The minimum absolute atomic E-state index is 0.140. The first-order valence-electron chi connectivity index (χ1n) is 6.42. The van der Waals surface area contributed by atoms with Crippen molar-refractivity contribution in [3.63, 3.8) is 0 Å². The largest absolute Gasteiger partial charge is 0.398 e. The van der Waals surface area contributed by atoms with Gasteiger partial charge in [0.05, 0.1) is 0 Å². The van der Waals surface area contributed by atoms with Crippen LogP contribution in [0.15, 0.2) is 42.5 Å². The summed E-state index contributed by atoms with van der Waals surface area (Å²) >= 11 is 0. The van der Waals surface area contributed by atoms with Gasteiger partial charge in [0, 0.05) is 36.7 Å². The number of hydrogen-bond donors (Lipinski definition) is 2. The number of carbonyl (C=O) groups is 1. The molecule has 2 aromatic carbocycles. The van der Waals surface area contributed by atoms with Crippen molar-refractivity contribution in [3.05, 3.63) is 53.6 Å². The van der Waals surface area contributed by atoms with E-state index in [4.69, 9.17) is 5.73 Å². The molecule has 0 unspecified atom stereocenters. The standard InChI is InChI=1S/C16H19N3O/c1-11-4-7-13(10-15(11)17)18-16(20)12-5-8-14(9-6-12)19(2)3/h4-10H,17H2,1-3H3,(H,18,20). The summed E-state index contributed by atoms with van der Waals surface area (Å²) in [5.41, 5.74) is 9.88. The monoisotopic (exact) mass is 269 g/mol. The van der Waals surface area contributed by atoms with Crippen molar-refractivity contribution < 1.29 is 4.79 Å². The van der Waals surface area contributed by atoms with E-state index in [1.54, 1.807) is 6.07 Å². The quantitative estimate of drug-likeness (QED) is 0.842. The van der Waals surface area contributed by atoms with Gasteiger partial charge in [0.25, 0.3) is 5.91 Å². The lowest BCUT2D eigenvalue weighted by atomic mass is 10.1. The molecule has 1 amide bonds. The second kappa shape index (κ2) is 5.65. The third-order valence-corrected chi connectivity index (χ3v) is 3.18. The van der Waals surface area contributed by atoms with Crippen LogP contribution in [0.3, 0.4) is 0 Å². The summed E-state index contributed by atoms with van der Waals surface area (Å²) in [6, 6.07) is 12.9. The summed E-state index contributed by atoms with van der Waals surface area (Å²) in [6.07, 6.45) is 0. The molecule has 4 nitrogen and oxygen atoms in total. The Kier molecular flexibility index (Phi) is 3.94. The summed E-state index contributed by atoms with van der Waals surface area (Å²) in [6.45, 7) is 1.93. The van der Waals surface area contributed by atoms with E-state index >= 15 is 0 Å². The minimum Gasteiger partial charge on any atom is -0.398 e. The Hall–Kier alpha value is -2.49. The maximum atomic E-state index is 12.1. The van der Waals surface area contributed by atoms with Crippen LogP contribution in [0.25, 0.3) is 0 Å². The van der Waals surface area contributed by atoms with Crippen molar-refractivity contribution in [2.24, 2.45) is 0 Å². The fraction of sp³-hybridized carbons (Fsp3) is 0.188. The van der Waals surface area contributed by atoms with Crippen molar-refractivity contribution in [1.82, 2.24) is 0 Å². The number of amides is 1. The van der Waals surface area contributed by atoms with Crippen LogP contribution in [0.1, 0.15) is 15.9 Å². The molecule has 0 aliphatic rings. The third-order valence-electron chi connectivity index (χ3n) is 3.18. The van der Waals surface area contributed by atoms with E-state index in [1.807, 2.05) is 62.3 Å². The number of nitrogens with one attached hydrogen (secondary N) is 1. The van der Waals surface area contributed by atoms with E-state index in [1.165, 1.54) is 0 Å². The van der Waals surface area contributed by atoms with E-state index in [0.29, 0.717) is 16.9 Å². The van der Waals surface area contributed by atoms with Gasteiger partial charge in [-0.3, -0.25) is 4.79 Å². The number of carbonyl (C=O) groups excluding carboxylic acids is 1. The zero-order valence-electron chi connectivity index (χ0n) is 12.0. The van der Waals surface area contributed by atoms with E-state index in [2.05, 4.69) is 5.32 Å². The fourth-order valence-electron chi connectivity index (χ4n) is 1.83. The molecule has 0 heterocycles. The normalized spacial score (nSPS) is 10.2. The van der Waals surface area contributed by atoms with Crippen LogP contribution < -0.4 is 16.0 Å². The summed E-state index contributed by atoms with van der Waals surface area (Å²) in [7, 11) is 3.92. The number of hydrogen-bond acceptors (Lipinski definition) is 3.